The first-order valence-corrected chi connectivity index (χ1v) is 13.1. The first-order valence-electron chi connectivity index (χ1n) is 13.1. The number of carbonyl (C=O) groups is 1. The number of ether oxygens (including phenoxy) is 2. The van der Waals surface area contributed by atoms with Gasteiger partial charge in [0.2, 0.25) is 5.91 Å². The van der Waals surface area contributed by atoms with Gasteiger partial charge in [0.25, 0.3) is 0 Å². The van der Waals surface area contributed by atoms with Gasteiger partial charge in [-0.15, -0.1) is 0 Å². The van der Waals surface area contributed by atoms with Crippen molar-refractivity contribution in [2.24, 2.45) is 34.5 Å². The number of amides is 1. The lowest BCUT2D eigenvalue weighted by molar-refractivity contribution is -0.138. The highest BCUT2D eigenvalue weighted by Crippen LogP contribution is 2.66. The van der Waals surface area contributed by atoms with Gasteiger partial charge in [0.15, 0.2) is 0 Å². The fourth-order valence-electron chi connectivity index (χ4n) is 8.84. The number of carbonyl (C=O) groups excluding carboxylic acids is 1. The van der Waals surface area contributed by atoms with Crippen molar-refractivity contribution in [3.63, 3.8) is 0 Å². The van der Waals surface area contributed by atoms with Crippen molar-refractivity contribution in [1.29, 1.82) is 0 Å². The van der Waals surface area contributed by atoms with Crippen LogP contribution >= 0.6 is 0 Å². The van der Waals surface area contributed by atoms with Gasteiger partial charge in [-0.2, -0.15) is 0 Å². The highest BCUT2D eigenvalue weighted by Gasteiger charge is 2.60. The van der Waals surface area contributed by atoms with Crippen LogP contribution in [-0.2, 0) is 4.79 Å². The Morgan fingerprint density at radius 1 is 1.03 bits per heavy atom. The molecule has 4 heteroatoms. The molecule has 1 aliphatic heterocycles. The summed E-state index contributed by atoms with van der Waals surface area (Å²) in [6, 6.07) is 6.38. The number of methoxy groups -OCH3 is 2. The Kier molecular flexibility index (Phi) is 5.85. The van der Waals surface area contributed by atoms with E-state index in [4.69, 9.17) is 9.47 Å². The van der Waals surface area contributed by atoms with Crippen molar-refractivity contribution in [2.75, 3.05) is 21.3 Å². The number of hydrogen-bond donors (Lipinski definition) is 0. The van der Waals surface area contributed by atoms with Crippen LogP contribution in [-0.4, -0.2) is 38.1 Å². The van der Waals surface area contributed by atoms with E-state index < -0.39 is 0 Å². The van der Waals surface area contributed by atoms with Crippen LogP contribution < -0.4 is 9.47 Å². The van der Waals surface area contributed by atoms with E-state index in [9.17, 15) is 4.79 Å². The second kappa shape index (κ2) is 8.46. The number of benzene rings is 1. The molecule has 4 nitrogen and oxygen atoms in total. The molecule has 0 aromatic heterocycles. The molecule has 3 fully saturated rings. The third-order valence-electron chi connectivity index (χ3n) is 10.5. The normalized spacial score (nSPS) is 39.4. The quantitative estimate of drug-likeness (QED) is 0.521. The van der Waals surface area contributed by atoms with Gasteiger partial charge < -0.3 is 14.4 Å². The molecule has 0 saturated heterocycles. The summed E-state index contributed by atoms with van der Waals surface area (Å²) in [5.41, 5.74) is 2.95. The third-order valence-corrected chi connectivity index (χ3v) is 10.5. The van der Waals surface area contributed by atoms with Crippen molar-refractivity contribution in [3.05, 3.63) is 41.5 Å². The number of allylic oxidation sites excluding steroid dienone is 1. The largest absolute Gasteiger partial charge is 0.496 e. The van der Waals surface area contributed by atoms with Crippen molar-refractivity contribution in [3.8, 4) is 11.5 Å². The molecule has 3 aliphatic carbocycles. The van der Waals surface area contributed by atoms with E-state index in [0.29, 0.717) is 23.3 Å². The molecular formula is C30H41NO3. The van der Waals surface area contributed by atoms with Crippen molar-refractivity contribution in [1.82, 2.24) is 4.90 Å². The van der Waals surface area contributed by atoms with Crippen LogP contribution in [0, 0.1) is 34.5 Å². The highest BCUT2D eigenvalue weighted by molar-refractivity contribution is 5.89. The zero-order chi connectivity index (χ0) is 24.3. The predicted octanol–water partition coefficient (Wildman–Crippen LogP) is 6.36. The maximum atomic E-state index is 12.4. The number of fused-ring (bicyclic) bond motifs is 5. The molecule has 1 aromatic carbocycles. The number of likely N-dealkylation sites (N-methyl/N-ethyl adjacent to an activating group) is 1. The van der Waals surface area contributed by atoms with Crippen LogP contribution in [0.25, 0.3) is 6.08 Å². The lowest BCUT2D eigenvalue weighted by Gasteiger charge is -2.60. The zero-order valence-corrected chi connectivity index (χ0v) is 21.8. The van der Waals surface area contributed by atoms with Gasteiger partial charge >= 0.3 is 0 Å². The van der Waals surface area contributed by atoms with Gasteiger partial charge in [0.05, 0.1) is 19.8 Å². The van der Waals surface area contributed by atoms with Crippen LogP contribution in [0.2, 0.25) is 0 Å². The SMILES string of the molecule is COc1cccc(OC)c1C=C(C)[C@H]1CC[C@H]2[C@@H]3CC[C@H]4N(C)C(=O)C=C[C@]4(C)[C@H]3CC[C@]12C. The second-order valence-corrected chi connectivity index (χ2v) is 11.8. The molecule has 3 saturated carbocycles. The molecular weight excluding hydrogens is 422 g/mol. The second-order valence-electron chi connectivity index (χ2n) is 11.8. The lowest BCUT2D eigenvalue weighted by atomic mass is 9.47. The van der Waals surface area contributed by atoms with Crippen molar-refractivity contribution in [2.45, 2.75) is 65.3 Å². The van der Waals surface area contributed by atoms with Crippen molar-refractivity contribution >= 4 is 12.0 Å². The summed E-state index contributed by atoms with van der Waals surface area (Å²) in [4.78, 5) is 14.4. The van der Waals surface area contributed by atoms with E-state index in [0.717, 1.165) is 35.3 Å². The average Bonchev–Trinajstić information content (AvgIpc) is 3.19. The Morgan fingerprint density at radius 2 is 1.74 bits per heavy atom. The molecule has 1 heterocycles. The van der Waals surface area contributed by atoms with Crippen LogP contribution in [0.4, 0.5) is 0 Å². The fraction of sp³-hybridized carbons (Fsp3) is 0.633. The van der Waals surface area contributed by atoms with E-state index in [1.54, 1.807) is 14.2 Å². The summed E-state index contributed by atoms with van der Waals surface area (Å²) in [5, 5.41) is 0. The van der Waals surface area contributed by atoms with Crippen LogP contribution in [0.1, 0.15) is 64.9 Å². The summed E-state index contributed by atoms with van der Waals surface area (Å²) >= 11 is 0. The Hall–Kier alpha value is -2.23. The van der Waals surface area contributed by atoms with Crippen LogP contribution in [0.5, 0.6) is 11.5 Å². The Morgan fingerprint density at radius 3 is 2.41 bits per heavy atom. The van der Waals surface area contributed by atoms with Gasteiger partial charge in [-0.05, 0) is 98.8 Å². The first kappa shape index (κ1) is 23.5. The molecule has 7 atom stereocenters. The zero-order valence-electron chi connectivity index (χ0n) is 21.8. The Bertz CT molecular complexity index is 1010. The van der Waals surface area contributed by atoms with E-state index in [-0.39, 0.29) is 11.3 Å². The topological polar surface area (TPSA) is 38.8 Å². The summed E-state index contributed by atoms with van der Waals surface area (Å²) in [7, 11) is 5.47. The monoisotopic (exact) mass is 463 g/mol. The minimum atomic E-state index is 0.112. The van der Waals surface area contributed by atoms with Crippen LogP contribution in [0.15, 0.2) is 35.9 Å². The van der Waals surface area contributed by atoms with Gasteiger partial charge in [-0.25, -0.2) is 0 Å². The Labute approximate surface area is 205 Å². The van der Waals surface area contributed by atoms with Gasteiger partial charge in [-0.3, -0.25) is 4.79 Å². The number of nitrogens with zero attached hydrogens (tertiary/aromatic N) is 1. The molecule has 0 radical (unpaired) electrons. The van der Waals surface area contributed by atoms with Crippen molar-refractivity contribution < 1.29 is 14.3 Å². The highest BCUT2D eigenvalue weighted by atomic mass is 16.5. The molecule has 34 heavy (non-hydrogen) atoms. The summed E-state index contributed by atoms with van der Waals surface area (Å²) in [6.45, 7) is 7.32. The average molecular weight is 464 g/mol. The van der Waals surface area contributed by atoms with Gasteiger partial charge in [0, 0.05) is 18.5 Å². The van der Waals surface area contributed by atoms with E-state index in [1.165, 1.54) is 37.7 Å². The molecule has 0 bridgehead atoms. The predicted molar refractivity (Wildman–Crippen MR) is 137 cm³/mol. The molecule has 184 valence electrons. The number of rotatable bonds is 4. The smallest absolute Gasteiger partial charge is 0.246 e. The van der Waals surface area contributed by atoms with E-state index in [2.05, 4.69) is 32.9 Å². The maximum absolute atomic E-state index is 12.4. The molecule has 1 aromatic rings. The molecule has 0 spiro atoms. The maximum Gasteiger partial charge on any atom is 0.246 e. The Balaban J connectivity index is 1.44. The van der Waals surface area contributed by atoms with E-state index >= 15 is 0 Å². The third kappa shape index (κ3) is 3.35. The minimum absolute atomic E-state index is 0.112. The molecule has 4 aliphatic rings. The summed E-state index contributed by atoms with van der Waals surface area (Å²) in [6.07, 6.45) is 14.0. The van der Waals surface area contributed by atoms with Gasteiger partial charge in [0.1, 0.15) is 11.5 Å². The number of hydrogen-bond acceptors (Lipinski definition) is 3. The van der Waals surface area contributed by atoms with E-state index in [1.807, 2.05) is 36.2 Å². The lowest BCUT2D eigenvalue weighted by Crippen LogP contribution is -2.59. The minimum Gasteiger partial charge on any atom is -0.496 e. The molecule has 5 rings (SSSR count). The molecule has 0 unspecified atom stereocenters. The summed E-state index contributed by atoms with van der Waals surface area (Å²) in [5.74, 6) is 4.69. The fourth-order valence-corrected chi connectivity index (χ4v) is 8.84. The molecule has 0 N–H and O–H groups in total. The van der Waals surface area contributed by atoms with Gasteiger partial charge in [-0.1, -0.05) is 31.6 Å². The summed E-state index contributed by atoms with van der Waals surface area (Å²) < 4.78 is 11.3. The first-order chi connectivity index (χ1) is 16.2. The standard InChI is InChI=1S/C30H41NO3/c1-19(18-21-25(33-5)8-7-9-26(21)34-6)22-11-12-23-20-10-13-27-30(3,17-15-28(32)31(27)4)24(20)14-16-29(22,23)2/h7-9,15,17-18,20,22-24,27H,10-14,16H2,1-6H3/t20-,22+,23-,24-,27+,29+,30+/m0/s1. The van der Waals surface area contributed by atoms with Crippen LogP contribution in [0.3, 0.4) is 0 Å². The molecule has 1 amide bonds.